The van der Waals surface area contributed by atoms with Crippen LogP contribution in [0.3, 0.4) is 0 Å². The van der Waals surface area contributed by atoms with E-state index >= 15 is 0 Å². The predicted molar refractivity (Wildman–Crippen MR) is 70.3 cm³/mol. The lowest BCUT2D eigenvalue weighted by Crippen LogP contribution is -2.28. The molecule has 0 saturated heterocycles. The van der Waals surface area contributed by atoms with Crippen molar-refractivity contribution < 1.29 is 14.2 Å². The van der Waals surface area contributed by atoms with E-state index in [1.807, 2.05) is 36.4 Å². The second kappa shape index (κ2) is 4.09. The summed E-state index contributed by atoms with van der Waals surface area (Å²) in [4.78, 5) is 2.22. The van der Waals surface area contributed by atoms with Gasteiger partial charge in [-0.15, -0.1) is 0 Å². The summed E-state index contributed by atoms with van der Waals surface area (Å²) in [5.74, 6) is 2.47. The zero-order valence-electron chi connectivity index (χ0n) is 10.3. The average molecular weight is 254 g/mol. The van der Waals surface area contributed by atoms with Gasteiger partial charge in [0.05, 0.1) is 12.2 Å². The first-order chi connectivity index (χ1) is 9.42. The number of hydrogen-bond donors (Lipinski definition) is 0. The Morgan fingerprint density at radius 3 is 2.95 bits per heavy atom. The molecule has 0 atom stereocenters. The summed E-state index contributed by atoms with van der Waals surface area (Å²) < 4.78 is 16.4. The number of anilines is 2. The molecule has 0 aliphatic carbocycles. The van der Waals surface area contributed by atoms with Crippen LogP contribution in [0.5, 0.6) is 17.2 Å². The van der Waals surface area contributed by atoms with Gasteiger partial charge in [0.15, 0.2) is 11.5 Å². The van der Waals surface area contributed by atoms with Crippen LogP contribution in [0, 0.1) is 6.07 Å². The molecule has 0 amide bonds. The highest BCUT2D eigenvalue weighted by molar-refractivity contribution is 5.72. The molecule has 1 radical (unpaired) electrons. The summed E-state index contributed by atoms with van der Waals surface area (Å²) in [5, 5.41) is 0. The van der Waals surface area contributed by atoms with Crippen LogP contribution < -0.4 is 19.1 Å². The van der Waals surface area contributed by atoms with Crippen molar-refractivity contribution in [3.63, 3.8) is 0 Å². The molecule has 0 bridgehead atoms. The summed E-state index contributed by atoms with van der Waals surface area (Å²) in [7, 11) is 0. The van der Waals surface area contributed by atoms with Gasteiger partial charge in [0.25, 0.3) is 0 Å². The van der Waals surface area contributed by atoms with E-state index in [1.54, 1.807) is 0 Å². The van der Waals surface area contributed by atoms with E-state index in [4.69, 9.17) is 14.2 Å². The van der Waals surface area contributed by atoms with Crippen LogP contribution in [0.2, 0.25) is 0 Å². The van der Waals surface area contributed by atoms with Gasteiger partial charge in [-0.1, -0.05) is 6.07 Å². The van der Waals surface area contributed by atoms with Crippen LogP contribution in [-0.2, 0) is 0 Å². The molecule has 95 valence electrons. The van der Waals surface area contributed by atoms with Gasteiger partial charge >= 0.3 is 0 Å². The molecule has 0 saturated carbocycles. The number of nitrogens with zero attached hydrogens (tertiary/aromatic N) is 1. The lowest BCUT2D eigenvalue weighted by Gasteiger charge is -2.31. The van der Waals surface area contributed by atoms with Crippen molar-refractivity contribution in [3.05, 3.63) is 42.5 Å². The van der Waals surface area contributed by atoms with Crippen molar-refractivity contribution in [1.29, 1.82) is 0 Å². The van der Waals surface area contributed by atoms with E-state index in [0.29, 0.717) is 13.4 Å². The van der Waals surface area contributed by atoms with E-state index in [2.05, 4.69) is 11.0 Å². The van der Waals surface area contributed by atoms with E-state index in [-0.39, 0.29) is 0 Å². The second-order valence-electron chi connectivity index (χ2n) is 4.43. The number of ether oxygens (including phenoxy) is 3. The molecule has 0 N–H and O–H groups in total. The van der Waals surface area contributed by atoms with E-state index in [0.717, 1.165) is 35.2 Å². The highest BCUT2D eigenvalue weighted by Crippen LogP contribution is 2.40. The van der Waals surface area contributed by atoms with Gasteiger partial charge in [0, 0.05) is 11.8 Å². The zero-order chi connectivity index (χ0) is 12.7. The zero-order valence-corrected chi connectivity index (χ0v) is 10.3. The first-order valence-corrected chi connectivity index (χ1v) is 6.22. The molecule has 0 unspecified atom stereocenters. The van der Waals surface area contributed by atoms with Crippen LogP contribution in [0.15, 0.2) is 36.4 Å². The van der Waals surface area contributed by atoms with E-state index < -0.39 is 0 Å². The average Bonchev–Trinajstić information content (AvgIpc) is 2.94. The maximum Gasteiger partial charge on any atom is 0.231 e. The Kier molecular flexibility index (Phi) is 2.27. The minimum absolute atomic E-state index is 0.299. The minimum Gasteiger partial charge on any atom is -0.490 e. The van der Waals surface area contributed by atoms with Crippen molar-refractivity contribution in [2.45, 2.75) is 0 Å². The van der Waals surface area contributed by atoms with E-state index in [1.165, 1.54) is 0 Å². The lowest BCUT2D eigenvalue weighted by atomic mass is 10.2. The highest BCUT2D eigenvalue weighted by Gasteiger charge is 2.21. The third kappa shape index (κ3) is 1.68. The van der Waals surface area contributed by atoms with Crippen molar-refractivity contribution in [3.8, 4) is 17.2 Å². The molecule has 4 heteroatoms. The molecule has 2 aromatic rings. The summed E-state index contributed by atoms with van der Waals surface area (Å²) in [5.41, 5.74) is 2.14. The van der Waals surface area contributed by atoms with Crippen molar-refractivity contribution in [2.75, 3.05) is 24.8 Å². The maximum absolute atomic E-state index is 5.64. The summed E-state index contributed by atoms with van der Waals surface area (Å²) >= 11 is 0. The molecule has 19 heavy (non-hydrogen) atoms. The third-order valence-electron chi connectivity index (χ3n) is 3.34. The van der Waals surface area contributed by atoms with Gasteiger partial charge < -0.3 is 19.1 Å². The lowest BCUT2D eigenvalue weighted by molar-refractivity contribution is 0.174. The largest absolute Gasteiger partial charge is 0.490 e. The number of hydrogen-bond acceptors (Lipinski definition) is 4. The smallest absolute Gasteiger partial charge is 0.231 e. The van der Waals surface area contributed by atoms with Gasteiger partial charge in [-0.25, -0.2) is 0 Å². The minimum atomic E-state index is 0.299. The third-order valence-corrected chi connectivity index (χ3v) is 3.34. The van der Waals surface area contributed by atoms with Gasteiger partial charge in [0.1, 0.15) is 12.4 Å². The fourth-order valence-corrected chi connectivity index (χ4v) is 2.43. The van der Waals surface area contributed by atoms with Gasteiger partial charge in [-0.3, -0.25) is 0 Å². The highest BCUT2D eigenvalue weighted by atomic mass is 16.7. The van der Waals surface area contributed by atoms with Gasteiger partial charge in [-0.2, -0.15) is 0 Å². The summed E-state index contributed by atoms with van der Waals surface area (Å²) in [6, 6.07) is 14.8. The van der Waals surface area contributed by atoms with Crippen LogP contribution in [0.4, 0.5) is 11.4 Å². The quantitative estimate of drug-likeness (QED) is 0.783. The molecular formula is C15H12NO3. The maximum atomic E-state index is 5.64. The molecule has 0 aromatic heterocycles. The van der Waals surface area contributed by atoms with Crippen LogP contribution in [0.1, 0.15) is 0 Å². The van der Waals surface area contributed by atoms with Crippen molar-refractivity contribution in [1.82, 2.24) is 0 Å². The molecule has 2 aromatic carbocycles. The molecule has 0 fully saturated rings. The first kappa shape index (κ1) is 10.6. The molecule has 0 spiro atoms. The Morgan fingerprint density at radius 1 is 1.00 bits per heavy atom. The molecule has 4 nitrogen and oxygen atoms in total. The van der Waals surface area contributed by atoms with Crippen LogP contribution in [-0.4, -0.2) is 19.9 Å². The Bertz CT molecular complexity index is 627. The first-order valence-electron chi connectivity index (χ1n) is 6.22. The SMILES string of the molecule is [c]1ccc2c(c1)OCCN2c1ccc2c(c1)OCO2. The van der Waals surface area contributed by atoms with Gasteiger partial charge in [0.2, 0.25) is 6.79 Å². The monoisotopic (exact) mass is 254 g/mol. The topological polar surface area (TPSA) is 30.9 Å². The molecule has 2 aliphatic rings. The predicted octanol–water partition coefficient (Wildman–Crippen LogP) is 2.75. The number of fused-ring (bicyclic) bond motifs is 2. The standard InChI is InChI=1S/C15H12NO3/c1-2-4-13-12(3-1)16(7-8-17-13)11-5-6-14-15(9-11)19-10-18-14/h1,3-6,9H,7-8,10H2. The molecular weight excluding hydrogens is 242 g/mol. The van der Waals surface area contributed by atoms with Gasteiger partial charge in [-0.05, 0) is 30.3 Å². The number of rotatable bonds is 1. The second-order valence-corrected chi connectivity index (χ2v) is 4.43. The molecule has 2 aliphatic heterocycles. The fraction of sp³-hybridized carbons (Fsp3) is 0.200. The van der Waals surface area contributed by atoms with Crippen LogP contribution in [0.25, 0.3) is 0 Å². The summed E-state index contributed by atoms with van der Waals surface area (Å²) in [6.45, 7) is 1.78. The van der Waals surface area contributed by atoms with Crippen LogP contribution >= 0.6 is 0 Å². The summed E-state index contributed by atoms with van der Waals surface area (Å²) in [6.07, 6.45) is 0. The Balaban J connectivity index is 1.77. The van der Waals surface area contributed by atoms with E-state index in [9.17, 15) is 0 Å². The fourth-order valence-electron chi connectivity index (χ4n) is 2.43. The molecule has 2 heterocycles. The molecule has 4 rings (SSSR count). The van der Waals surface area contributed by atoms with Crippen molar-refractivity contribution >= 4 is 11.4 Å². The Morgan fingerprint density at radius 2 is 1.95 bits per heavy atom. The Labute approximate surface area is 111 Å². The number of benzene rings is 2. The van der Waals surface area contributed by atoms with Crippen molar-refractivity contribution in [2.24, 2.45) is 0 Å². The Hall–Kier alpha value is -2.36. The normalized spacial score (nSPS) is 15.9.